The number of benzene rings is 3. The fraction of sp³-hybridized carbons (Fsp3) is 0.357. The van der Waals surface area contributed by atoms with Crippen molar-refractivity contribution in [2.24, 2.45) is 0 Å². The van der Waals surface area contributed by atoms with Crippen molar-refractivity contribution in [2.45, 2.75) is 56.8 Å². The SMILES string of the molecule is C[C@H](C(=O)Oc1cccc(CO[N+](=O)[O-])c1)c1ccc2cc(OC(=O)CCCC[C@@H]3CCSS3)ccc2c1. The average Bonchev–Trinajstić information content (AvgIpc) is 3.43. The second-order valence-electron chi connectivity index (χ2n) is 9.10. The van der Waals surface area contributed by atoms with E-state index in [1.54, 1.807) is 31.2 Å². The topological polar surface area (TPSA) is 105 Å². The standard InChI is InChI=1S/C28H29NO7S2/c1-19(28(31)36-24-6-4-5-20(15-24)18-34-29(32)33)21-9-10-23-17-25(12-11-22(23)16-21)35-27(30)8-3-2-7-26-13-14-37-38-26/h4-6,9-12,15-17,19,26H,2-3,7-8,13-14,18H2,1H3/t19-,26+/m0/s1. The van der Waals surface area contributed by atoms with Crippen molar-refractivity contribution in [2.75, 3.05) is 5.75 Å². The summed E-state index contributed by atoms with van der Waals surface area (Å²) in [5.74, 6) is 0.801. The Kier molecular flexibility index (Phi) is 9.89. The number of nitrogens with zero attached hydrogens (tertiary/aromatic N) is 1. The van der Waals surface area contributed by atoms with Crippen LogP contribution in [-0.2, 0) is 21.0 Å². The van der Waals surface area contributed by atoms with Gasteiger partial charge in [-0.2, -0.15) is 0 Å². The Morgan fingerprint density at radius 3 is 2.61 bits per heavy atom. The largest absolute Gasteiger partial charge is 0.427 e. The maximum absolute atomic E-state index is 12.8. The molecule has 3 aromatic rings. The molecule has 0 saturated carbocycles. The normalized spacial score (nSPS) is 15.7. The first kappa shape index (κ1) is 27.8. The van der Waals surface area contributed by atoms with Crippen molar-refractivity contribution < 1.29 is 29.0 Å². The first-order valence-electron chi connectivity index (χ1n) is 12.5. The molecule has 3 aromatic carbocycles. The molecule has 0 N–H and O–H groups in total. The highest BCUT2D eigenvalue weighted by atomic mass is 33.1. The molecule has 0 spiro atoms. The van der Waals surface area contributed by atoms with Gasteiger partial charge in [-0.3, -0.25) is 9.59 Å². The van der Waals surface area contributed by atoms with Gasteiger partial charge in [-0.15, -0.1) is 10.1 Å². The Bertz CT molecular complexity index is 1290. The Morgan fingerprint density at radius 2 is 1.82 bits per heavy atom. The predicted octanol–water partition coefficient (Wildman–Crippen LogP) is 6.88. The molecular weight excluding hydrogens is 526 g/mol. The van der Waals surface area contributed by atoms with Crippen LogP contribution in [0.25, 0.3) is 10.8 Å². The van der Waals surface area contributed by atoms with E-state index in [9.17, 15) is 19.7 Å². The minimum absolute atomic E-state index is 0.222. The van der Waals surface area contributed by atoms with Gasteiger partial charge in [-0.25, -0.2) is 0 Å². The molecule has 200 valence electrons. The number of carbonyl (C=O) groups excluding carboxylic acids is 2. The van der Waals surface area contributed by atoms with Gasteiger partial charge in [-0.1, -0.05) is 64.4 Å². The van der Waals surface area contributed by atoms with Crippen LogP contribution < -0.4 is 9.47 Å². The lowest BCUT2D eigenvalue weighted by Crippen LogP contribution is -2.16. The first-order valence-corrected chi connectivity index (χ1v) is 14.9. The first-order chi connectivity index (χ1) is 18.4. The van der Waals surface area contributed by atoms with E-state index in [0.29, 0.717) is 17.7 Å². The number of esters is 2. The van der Waals surface area contributed by atoms with Crippen molar-refractivity contribution in [3.8, 4) is 11.5 Å². The van der Waals surface area contributed by atoms with Gasteiger partial charge in [-0.05, 0) is 72.4 Å². The molecule has 1 fully saturated rings. The Labute approximate surface area is 228 Å². The molecule has 1 saturated heterocycles. The van der Waals surface area contributed by atoms with E-state index < -0.39 is 17.0 Å². The van der Waals surface area contributed by atoms with Crippen LogP contribution in [0.1, 0.15) is 56.1 Å². The Balaban J connectivity index is 1.30. The van der Waals surface area contributed by atoms with Crippen LogP contribution in [0.15, 0.2) is 60.7 Å². The number of hydrogen-bond donors (Lipinski definition) is 0. The third-order valence-electron chi connectivity index (χ3n) is 6.26. The fourth-order valence-corrected chi connectivity index (χ4v) is 7.16. The maximum Gasteiger partial charge on any atom is 0.318 e. The van der Waals surface area contributed by atoms with Crippen molar-refractivity contribution in [3.63, 3.8) is 0 Å². The zero-order valence-corrected chi connectivity index (χ0v) is 22.6. The molecule has 1 heterocycles. The van der Waals surface area contributed by atoms with Gasteiger partial charge in [0.2, 0.25) is 0 Å². The maximum atomic E-state index is 12.8. The van der Waals surface area contributed by atoms with Gasteiger partial charge in [0.1, 0.15) is 18.1 Å². The Hall–Kier alpha value is -3.24. The average molecular weight is 556 g/mol. The number of ether oxygens (including phenoxy) is 2. The number of unbranched alkanes of at least 4 members (excludes halogenated alkanes) is 1. The zero-order chi connectivity index (χ0) is 26.9. The lowest BCUT2D eigenvalue weighted by atomic mass is 9.98. The van der Waals surface area contributed by atoms with Crippen LogP contribution in [0.4, 0.5) is 0 Å². The molecule has 0 unspecified atom stereocenters. The summed E-state index contributed by atoms with van der Waals surface area (Å²) in [6.45, 7) is 1.53. The van der Waals surface area contributed by atoms with Crippen LogP contribution in [0, 0.1) is 10.1 Å². The van der Waals surface area contributed by atoms with Crippen LogP contribution in [-0.4, -0.2) is 28.0 Å². The molecule has 0 aromatic heterocycles. The predicted molar refractivity (Wildman–Crippen MR) is 149 cm³/mol. The summed E-state index contributed by atoms with van der Waals surface area (Å²) in [5.41, 5.74) is 1.29. The van der Waals surface area contributed by atoms with E-state index in [-0.39, 0.29) is 18.3 Å². The van der Waals surface area contributed by atoms with Crippen LogP contribution in [0.5, 0.6) is 11.5 Å². The summed E-state index contributed by atoms with van der Waals surface area (Å²) in [7, 11) is 3.90. The van der Waals surface area contributed by atoms with E-state index in [2.05, 4.69) is 4.84 Å². The molecular formula is C28H29NO7S2. The van der Waals surface area contributed by atoms with Crippen molar-refractivity contribution in [1.82, 2.24) is 0 Å². The summed E-state index contributed by atoms with van der Waals surface area (Å²) in [4.78, 5) is 39.8. The molecule has 0 radical (unpaired) electrons. The lowest BCUT2D eigenvalue weighted by molar-refractivity contribution is -0.763. The summed E-state index contributed by atoms with van der Waals surface area (Å²) in [6.07, 6.45) is 4.70. The second-order valence-corrected chi connectivity index (χ2v) is 11.9. The van der Waals surface area contributed by atoms with Gasteiger partial charge in [0.15, 0.2) is 0 Å². The number of hydrogen-bond acceptors (Lipinski definition) is 9. The molecule has 0 amide bonds. The van der Waals surface area contributed by atoms with Gasteiger partial charge >= 0.3 is 11.9 Å². The molecule has 2 atom stereocenters. The zero-order valence-electron chi connectivity index (χ0n) is 21.0. The molecule has 8 nitrogen and oxygen atoms in total. The summed E-state index contributed by atoms with van der Waals surface area (Å²) >= 11 is 0. The summed E-state index contributed by atoms with van der Waals surface area (Å²) in [5, 5.41) is 12.1. The third kappa shape index (κ3) is 8.13. The highest BCUT2D eigenvalue weighted by Crippen LogP contribution is 2.40. The number of fused-ring (bicyclic) bond motifs is 1. The minimum atomic E-state index is -0.870. The van der Waals surface area contributed by atoms with E-state index in [1.807, 2.05) is 51.9 Å². The highest BCUT2D eigenvalue weighted by molar-refractivity contribution is 8.77. The van der Waals surface area contributed by atoms with Gasteiger partial charge in [0, 0.05) is 17.4 Å². The molecule has 0 bridgehead atoms. The fourth-order valence-electron chi connectivity index (χ4n) is 4.13. The van der Waals surface area contributed by atoms with E-state index in [0.717, 1.165) is 40.8 Å². The van der Waals surface area contributed by atoms with E-state index in [1.165, 1.54) is 18.2 Å². The van der Waals surface area contributed by atoms with Crippen molar-refractivity contribution in [1.29, 1.82) is 0 Å². The number of rotatable bonds is 12. The molecule has 10 heteroatoms. The van der Waals surface area contributed by atoms with Crippen LogP contribution in [0.3, 0.4) is 0 Å². The molecule has 38 heavy (non-hydrogen) atoms. The molecule has 1 aliphatic heterocycles. The van der Waals surface area contributed by atoms with Crippen molar-refractivity contribution in [3.05, 3.63) is 81.9 Å². The van der Waals surface area contributed by atoms with Crippen LogP contribution in [0.2, 0.25) is 0 Å². The number of carbonyl (C=O) groups is 2. The monoisotopic (exact) mass is 555 g/mol. The van der Waals surface area contributed by atoms with Gasteiger partial charge in [0.05, 0.1) is 5.92 Å². The molecule has 1 aliphatic rings. The van der Waals surface area contributed by atoms with Crippen LogP contribution >= 0.6 is 21.6 Å². The summed E-state index contributed by atoms with van der Waals surface area (Å²) in [6, 6.07) is 17.5. The van der Waals surface area contributed by atoms with E-state index in [4.69, 9.17) is 9.47 Å². The third-order valence-corrected chi connectivity index (χ3v) is 9.27. The smallest absolute Gasteiger partial charge is 0.318 e. The summed E-state index contributed by atoms with van der Waals surface area (Å²) < 4.78 is 11.0. The van der Waals surface area contributed by atoms with E-state index >= 15 is 0 Å². The second kappa shape index (κ2) is 13.5. The molecule has 0 aliphatic carbocycles. The lowest BCUT2D eigenvalue weighted by Gasteiger charge is -2.13. The Morgan fingerprint density at radius 1 is 1.03 bits per heavy atom. The molecule has 4 rings (SSSR count). The van der Waals surface area contributed by atoms with Gasteiger partial charge < -0.3 is 14.3 Å². The quantitative estimate of drug-likeness (QED) is 0.0590. The van der Waals surface area contributed by atoms with Gasteiger partial charge in [0.25, 0.3) is 5.09 Å². The highest BCUT2D eigenvalue weighted by Gasteiger charge is 2.19. The van der Waals surface area contributed by atoms with Crippen molar-refractivity contribution >= 4 is 44.3 Å². The minimum Gasteiger partial charge on any atom is -0.427 e.